The van der Waals surface area contributed by atoms with Crippen molar-refractivity contribution >= 4 is 35.9 Å². The highest BCUT2D eigenvalue weighted by Crippen LogP contribution is 2.10. The van der Waals surface area contributed by atoms with E-state index in [1.807, 2.05) is 18.2 Å². The van der Waals surface area contributed by atoms with Crippen LogP contribution in [0.4, 0.5) is 0 Å². The minimum absolute atomic E-state index is 0.356. The molecule has 2 aromatic carbocycles. The van der Waals surface area contributed by atoms with Gasteiger partial charge in [-0.2, -0.15) is 11.1 Å². The average Bonchev–Trinajstić information content (AvgIpc) is 2.17. The molecule has 0 fully saturated rings. The Balaban J connectivity index is 2.79. The summed E-state index contributed by atoms with van der Waals surface area (Å²) in [4.78, 5) is 0. The van der Waals surface area contributed by atoms with E-state index >= 15 is 0 Å². The van der Waals surface area contributed by atoms with Crippen LogP contribution in [0.25, 0.3) is 10.8 Å². The van der Waals surface area contributed by atoms with Gasteiger partial charge in [0.2, 0.25) is 8.83 Å². The van der Waals surface area contributed by atoms with Gasteiger partial charge in [0.05, 0.1) is 0 Å². The summed E-state index contributed by atoms with van der Waals surface area (Å²) in [5.41, 5.74) is 0. The van der Waals surface area contributed by atoms with Crippen LogP contribution in [0.5, 0.6) is 0 Å². The zero-order valence-electron chi connectivity index (χ0n) is 6.42. The second-order valence-corrected chi connectivity index (χ2v) is 3.92. The van der Waals surface area contributed by atoms with Crippen molar-refractivity contribution in [2.24, 2.45) is 0 Å². The fourth-order valence-electron chi connectivity index (χ4n) is 1.31. The summed E-state index contributed by atoms with van der Waals surface area (Å²) in [6, 6.07) is 14.5. The Morgan fingerprint density at radius 3 is 2.50 bits per heavy atom. The van der Waals surface area contributed by atoms with E-state index < -0.39 is 0 Å². The molecule has 0 N–H and O–H groups in total. The first-order valence-corrected chi connectivity index (χ1v) is 5.77. The summed E-state index contributed by atoms with van der Waals surface area (Å²) in [7, 11) is 0.356. The molecule has 0 saturated carbocycles. The van der Waals surface area contributed by atoms with Crippen molar-refractivity contribution in [3.8, 4) is 0 Å². The van der Waals surface area contributed by atoms with Crippen molar-refractivity contribution in [1.29, 1.82) is 0 Å². The fraction of sp³-hybridized carbons (Fsp3) is 0. The molecule has 0 nitrogen and oxygen atoms in total. The van der Waals surface area contributed by atoms with Gasteiger partial charge in [-0.3, -0.25) is 0 Å². The molecular formula is C10H7ClSi. The maximum absolute atomic E-state index is 5.83. The monoisotopic (exact) mass is 190 g/mol. The summed E-state index contributed by atoms with van der Waals surface area (Å²) in [6.07, 6.45) is 0. The lowest BCUT2D eigenvalue weighted by atomic mass is 10.1. The van der Waals surface area contributed by atoms with Gasteiger partial charge < -0.3 is 0 Å². The molecule has 2 radical (unpaired) electrons. The molecule has 0 heterocycles. The highest BCUT2D eigenvalue weighted by molar-refractivity contribution is 7.02. The first-order valence-electron chi connectivity index (χ1n) is 3.76. The van der Waals surface area contributed by atoms with E-state index in [1.54, 1.807) is 0 Å². The molecule has 0 saturated heterocycles. The highest BCUT2D eigenvalue weighted by atomic mass is 35.6. The van der Waals surface area contributed by atoms with E-state index in [1.165, 1.54) is 16.0 Å². The lowest BCUT2D eigenvalue weighted by molar-refractivity contribution is 1.78. The minimum atomic E-state index is 0.356. The Bertz CT molecular complexity index is 392. The third-order valence-corrected chi connectivity index (χ3v) is 3.14. The molecule has 58 valence electrons. The summed E-state index contributed by atoms with van der Waals surface area (Å²) >= 11 is 5.83. The van der Waals surface area contributed by atoms with Gasteiger partial charge in [0.25, 0.3) is 0 Å². The van der Waals surface area contributed by atoms with Crippen molar-refractivity contribution in [3.05, 3.63) is 42.5 Å². The SMILES string of the molecule is Cl[Si]c1cccc2ccccc12. The van der Waals surface area contributed by atoms with Crippen molar-refractivity contribution in [2.45, 2.75) is 0 Å². The number of benzene rings is 2. The number of rotatable bonds is 1. The number of halogens is 1. The molecule has 2 rings (SSSR count). The van der Waals surface area contributed by atoms with Crippen LogP contribution in [0.3, 0.4) is 0 Å². The predicted octanol–water partition coefficient (Wildman–Crippen LogP) is 2.32. The van der Waals surface area contributed by atoms with Gasteiger partial charge in [0.1, 0.15) is 0 Å². The first kappa shape index (κ1) is 7.84. The van der Waals surface area contributed by atoms with Crippen molar-refractivity contribution in [2.75, 3.05) is 0 Å². The summed E-state index contributed by atoms with van der Waals surface area (Å²) in [5, 5.41) is 3.77. The molecule has 0 aliphatic carbocycles. The van der Waals surface area contributed by atoms with Crippen LogP contribution in [0.1, 0.15) is 0 Å². The standard InChI is InChI=1S/C10H7ClSi/c11-12-10-7-3-5-8-4-1-2-6-9(8)10/h1-7H. The number of fused-ring (bicyclic) bond motifs is 1. The van der Waals surface area contributed by atoms with Crippen LogP contribution in [0, 0.1) is 0 Å². The Morgan fingerprint density at radius 1 is 0.917 bits per heavy atom. The third kappa shape index (κ3) is 1.26. The molecule has 0 unspecified atom stereocenters. The largest absolute Gasteiger partial charge is 0.211 e. The average molecular weight is 191 g/mol. The molecule has 0 bridgehead atoms. The molecule has 0 aliphatic heterocycles. The maximum atomic E-state index is 5.83. The van der Waals surface area contributed by atoms with Gasteiger partial charge in [-0.15, -0.1) is 0 Å². The van der Waals surface area contributed by atoms with E-state index in [9.17, 15) is 0 Å². The van der Waals surface area contributed by atoms with E-state index in [0.29, 0.717) is 8.83 Å². The Kier molecular flexibility index (Phi) is 2.15. The third-order valence-electron chi connectivity index (χ3n) is 1.89. The lowest BCUT2D eigenvalue weighted by Gasteiger charge is -2.00. The molecule has 12 heavy (non-hydrogen) atoms. The van der Waals surface area contributed by atoms with Crippen LogP contribution in [0.15, 0.2) is 42.5 Å². The van der Waals surface area contributed by atoms with Crippen molar-refractivity contribution in [1.82, 2.24) is 0 Å². The van der Waals surface area contributed by atoms with Gasteiger partial charge in [-0.25, -0.2) is 0 Å². The minimum Gasteiger partial charge on any atom is -0.165 e. The number of hydrogen-bond donors (Lipinski definition) is 0. The normalized spacial score (nSPS) is 10.4. The smallest absolute Gasteiger partial charge is 0.165 e. The van der Waals surface area contributed by atoms with Gasteiger partial charge in [0, 0.05) is 0 Å². The molecular weight excluding hydrogens is 184 g/mol. The van der Waals surface area contributed by atoms with Crippen molar-refractivity contribution in [3.63, 3.8) is 0 Å². The molecule has 0 atom stereocenters. The van der Waals surface area contributed by atoms with E-state index in [4.69, 9.17) is 11.1 Å². The Morgan fingerprint density at radius 2 is 1.67 bits per heavy atom. The topological polar surface area (TPSA) is 0 Å². The summed E-state index contributed by atoms with van der Waals surface area (Å²) < 4.78 is 0. The maximum Gasteiger partial charge on any atom is 0.211 e. The number of hydrogen-bond acceptors (Lipinski definition) is 0. The fourth-order valence-corrected chi connectivity index (χ4v) is 2.29. The summed E-state index contributed by atoms with van der Waals surface area (Å²) in [5.74, 6) is 0. The van der Waals surface area contributed by atoms with Gasteiger partial charge in [0.15, 0.2) is 0 Å². The van der Waals surface area contributed by atoms with Crippen LogP contribution in [0.2, 0.25) is 0 Å². The molecule has 0 amide bonds. The van der Waals surface area contributed by atoms with E-state index in [2.05, 4.69) is 24.3 Å². The van der Waals surface area contributed by atoms with Gasteiger partial charge in [-0.05, 0) is 16.0 Å². The Labute approximate surface area is 78.7 Å². The second kappa shape index (κ2) is 3.29. The van der Waals surface area contributed by atoms with Crippen molar-refractivity contribution < 1.29 is 0 Å². The highest BCUT2D eigenvalue weighted by Gasteiger charge is 1.97. The molecule has 0 aliphatic rings. The quantitative estimate of drug-likeness (QED) is 0.479. The molecule has 0 aromatic heterocycles. The summed E-state index contributed by atoms with van der Waals surface area (Å²) in [6.45, 7) is 0. The molecule has 0 spiro atoms. The van der Waals surface area contributed by atoms with Crippen LogP contribution in [-0.4, -0.2) is 8.83 Å². The van der Waals surface area contributed by atoms with Gasteiger partial charge in [-0.1, -0.05) is 42.5 Å². The van der Waals surface area contributed by atoms with Crippen LogP contribution < -0.4 is 5.19 Å². The molecule has 2 aromatic rings. The zero-order chi connectivity index (χ0) is 8.39. The molecule has 2 heteroatoms. The van der Waals surface area contributed by atoms with E-state index in [0.717, 1.165) is 0 Å². The van der Waals surface area contributed by atoms with E-state index in [-0.39, 0.29) is 0 Å². The van der Waals surface area contributed by atoms with Gasteiger partial charge >= 0.3 is 0 Å². The lowest BCUT2D eigenvalue weighted by Crippen LogP contribution is -2.08. The Hall–Kier alpha value is -0.793. The second-order valence-electron chi connectivity index (χ2n) is 2.62. The zero-order valence-corrected chi connectivity index (χ0v) is 8.18. The van der Waals surface area contributed by atoms with Crippen LogP contribution >= 0.6 is 11.1 Å². The predicted molar refractivity (Wildman–Crippen MR) is 55.2 cm³/mol. The van der Waals surface area contributed by atoms with Crippen LogP contribution in [-0.2, 0) is 0 Å². The first-order chi connectivity index (χ1) is 5.92.